The summed E-state index contributed by atoms with van der Waals surface area (Å²) in [5.41, 5.74) is 0. The molecular formula is C27H54N2O4S2Tc-2. The minimum absolute atomic E-state index is 0. The molecule has 1 radical (unpaired) electrons. The SMILES string of the molecule is CCCCCCCCCC(CCCCCCCC(=O)O)CCCN(CCS)CC(=O)NCCS.[99Tc].[O-2]. The number of thiol groups is 2. The molecule has 6 nitrogen and oxygen atoms in total. The minimum Gasteiger partial charge on any atom is -2.00 e. The first kappa shape index (κ1) is 40.7. The van der Waals surface area contributed by atoms with Gasteiger partial charge in [0, 0.05) is 51.1 Å². The Morgan fingerprint density at radius 3 is 1.83 bits per heavy atom. The maximum absolute atomic E-state index is 12.1. The quantitative estimate of drug-likeness (QED) is 0.0646. The molecule has 0 aliphatic rings. The summed E-state index contributed by atoms with van der Waals surface area (Å²) in [6.07, 6.45) is 20.2. The van der Waals surface area contributed by atoms with Gasteiger partial charge in [0.2, 0.25) is 5.91 Å². The van der Waals surface area contributed by atoms with E-state index < -0.39 is 5.97 Å². The van der Waals surface area contributed by atoms with Crippen LogP contribution >= 0.6 is 25.3 Å². The van der Waals surface area contributed by atoms with Crippen molar-refractivity contribution >= 4 is 37.1 Å². The van der Waals surface area contributed by atoms with Crippen LogP contribution in [-0.2, 0) is 35.2 Å². The summed E-state index contributed by atoms with van der Waals surface area (Å²) >= 11 is 8.53. The number of nitrogens with zero attached hydrogens (tertiary/aromatic N) is 1. The van der Waals surface area contributed by atoms with Crippen molar-refractivity contribution in [3.8, 4) is 0 Å². The molecule has 36 heavy (non-hydrogen) atoms. The second-order valence-electron chi connectivity index (χ2n) is 9.69. The van der Waals surface area contributed by atoms with Crippen LogP contribution in [0.3, 0.4) is 0 Å². The Morgan fingerprint density at radius 1 is 0.778 bits per heavy atom. The molecule has 0 heterocycles. The molecule has 0 fully saturated rings. The van der Waals surface area contributed by atoms with Crippen molar-refractivity contribution in [2.24, 2.45) is 5.92 Å². The number of amides is 1. The number of carbonyl (C=O) groups is 2. The van der Waals surface area contributed by atoms with Crippen LogP contribution in [0.4, 0.5) is 0 Å². The molecule has 0 aromatic heterocycles. The summed E-state index contributed by atoms with van der Waals surface area (Å²) in [7, 11) is 0. The Hall–Kier alpha value is 0.209. The van der Waals surface area contributed by atoms with E-state index in [1.54, 1.807) is 0 Å². The van der Waals surface area contributed by atoms with Crippen LogP contribution < -0.4 is 5.32 Å². The molecule has 2 N–H and O–H groups in total. The van der Waals surface area contributed by atoms with Gasteiger partial charge in [-0.2, -0.15) is 25.3 Å². The first-order valence-corrected chi connectivity index (χ1v) is 15.2. The van der Waals surface area contributed by atoms with Crippen LogP contribution in [0.15, 0.2) is 0 Å². The van der Waals surface area contributed by atoms with Crippen molar-refractivity contribution in [3.05, 3.63) is 0 Å². The van der Waals surface area contributed by atoms with Gasteiger partial charge in [0.25, 0.3) is 0 Å². The van der Waals surface area contributed by atoms with E-state index >= 15 is 0 Å². The minimum atomic E-state index is -0.680. The van der Waals surface area contributed by atoms with Gasteiger partial charge in [0.15, 0.2) is 0 Å². The van der Waals surface area contributed by atoms with Crippen molar-refractivity contribution in [3.63, 3.8) is 0 Å². The molecule has 0 aliphatic heterocycles. The summed E-state index contributed by atoms with van der Waals surface area (Å²) < 4.78 is 0. The predicted molar refractivity (Wildman–Crippen MR) is 153 cm³/mol. The number of rotatable bonds is 26. The number of carbonyl (C=O) groups excluding carboxylic acids is 1. The van der Waals surface area contributed by atoms with Gasteiger partial charge in [-0.05, 0) is 31.7 Å². The molecule has 0 rings (SSSR count). The van der Waals surface area contributed by atoms with E-state index in [0.717, 1.165) is 50.4 Å². The maximum Gasteiger partial charge on any atom is 0.303 e. The third-order valence-corrected chi connectivity index (χ3v) is 6.95. The fourth-order valence-corrected chi connectivity index (χ4v) is 4.93. The zero-order chi connectivity index (χ0) is 25.3. The standard InChI is InChI=1S/C27H54N2O3S2.O.Tc/c1-2-3-4-5-6-8-11-15-25(16-12-9-7-10-13-18-27(31)32)17-14-20-29(21-23-34)24-26(30)28-19-22-33;;/h25,33-34H,2-24H2,1H3,(H,28,30)(H,31,32);;/q;-2;/i;;1+1. The van der Waals surface area contributed by atoms with Crippen LogP contribution in [0.5, 0.6) is 0 Å². The van der Waals surface area contributed by atoms with Crippen LogP contribution in [0, 0.1) is 5.92 Å². The van der Waals surface area contributed by atoms with Crippen LogP contribution in [-0.4, -0.2) is 59.6 Å². The van der Waals surface area contributed by atoms with Crippen molar-refractivity contribution in [2.45, 2.75) is 116 Å². The molecule has 0 aromatic carbocycles. The van der Waals surface area contributed by atoms with Gasteiger partial charge in [0.05, 0.1) is 6.54 Å². The number of unbranched alkanes of at least 4 members (excludes halogenated alkanes) is 10. The summed E-state index contributed by atoms with van der Waals surface area (Å²) in [5.74, 6) is 1.60. The molecule has 0 aromatic rings. The van der Waals surface area contributed by atoms with E-state index in [0.29, 0.717) is 25.3 Å². The van der Waals surface area contributed by atoms with Gasteiger partial charge in [-0.25, -0.2) is 0 Å². The Bertz CT molecular complexity index is 491. The van der Waals surface area contributed by atoms with Crippen LogP contribution in [0.25, 0.3) is 0 Å². The van der Waals surface area contributed by atoms with E-state index in [1.165, 1.54) is 77.0 Å². The van der Waals surface area contributed by atoms with Crippen molar-refractivity contribution in [1.82, 2.24) is 10.2 Å². The van der Waals surface area contributed by atoms with E-state index in [4.69, 9.17) is 5.11 Å². The fraction of sp³-hybridized carbons (Fsp3) is 0.926. The molecule has 0 aliphatic carbocycles. The predicted octanol–water partition coefficient (Wildman–Crippen LogP) is 6.50. The van der Waals surface area contributed by atoms with E-state index in [2.05, 4.69) is 42.4 Å². The van der Waals surface area contributed by atoms with E-state index in [1.807, 2.05) is 0 Å². The monoisotopic (exact) mass is 633 g/mol. The summed E-state index contributed by atoms with van der Waals surface area (Å²) in [5, 5.41) is 11.7. The Balaban J connectivity index is -0.00000544. The largest absolute Gasteiger partial charge is 2.00 e. The Kier molecular flexibility index (Phi) is 35.5. The second kappa shape index (κ2) is 31.4. The molecule has 1 amide bonds. The zero-order valence-electron chi connectivity index (χ0n) is 22.7. The molecule has 0 saturated carbocycles. The summed E-state index contributed by atoms with van der Waals surface area (Å²) in [4.78, 5) is 25.0. The van der Waals surface area contributed by atoms with Crippen LogP contribution in [0.2, 0.25) is 0 Å². The average molecular weight is 634 g/mol. The normalized spacial score (nSPS) is 11.6. The van der Waals surface area contributed by atoms with Gasteiger partial charge >= 0.3 is 5.97 Å². The average Bonchev–Trinajstić information content (AvgIpc) is 2.80. The van der Waals surface area contributed by atoms with Gasteiger partial charge in [-0.1, -0.05) is 90.4 Å². The molecule has 1 atom stereocenters. The van der Waals surface area contributed by atoms with E-state index in [9.17, 15) is 9.59 Å². The zero-order valence-corrected chi connectivity index (χ0v) is 26.4. The topological polar surface area (TPSA) is 98.1 Å². The number of hydrogen-bond donors (Lipinski definition) is 4. The molecule has 0 bridgehead atoms. The van der Waals surface area contributed by atoms with Crippen molar-refractivity contribution in [1.29, 1.82) is 0 Å². The Morgan fingerprint density at radius 2 is 1.31 bits per heavy atom. The third-order valence-electron chi connectivity index (χ3n) is 6.52. The number of nitrogens with one attached hydrogen (secondary N) is 1. The van der Waals surface area contributed by atoms with E-state index in [-0.39, 0.29) is 31.5 Å². The number of aliphatic carboxylic acids is 1. The van der Waals surface area contributed by atoms with Gasteiger partial charge in [-0.3, -0.25) is 14.5 Å². The summed E-state index contributed by atoms with van der Waals surface area (Å²) in [6.45, 7) is 5.14. The number of carboxylic acids is 1. The van der Waals surface area contributed by atoms with Crippen molar-refractivity contribution < 1.29 is 40.3 Å². The van der Waals surface area contributed by atoms with Gasteiger partial charge in [0.1, 0.15) is 0 Å². The van der Waals surface area contributed by atoms with Crippen molar-refractivity contribution in [2.75, 3.05) is 37.7 Å². The smallest absolute Gasteiger partial charge is 0.303 e. The molecule has 0 saturated heterocycles. The van der Waals surface area contributed by atoms with Gasteiger partial charge in [-0.15, -0.1) is 0 Å². The first-order valence-electron chi connectivity index (χ1n) is 14.0. The van der Waals surface area contributed by atoms with Gasteiger partial charge < -0.3 is 15.9 Å². The molecule has 1 unspecified atom stereocenters. The third kappa shape index (κ3) is 28.8. The fourth-order valence-electron chi connectivity index (χ4n) is 4.53. The molecule has 9 heteroatoms. The van der Waals surface area contributed by atoms with Crippen LogP contribution in [0.1, 0.15) is 116 Å². The first-order chi connectivity index (χ1) is 16.5. The second-order valence-corrected chi connectivity index (χ2v) is 10.6. The number of hydrogen-bond acceptors (Lipinski definition) is 5. The summed E-state index contributed by atoms with van der Waals surface area (Å²) in [6, 6.07) is 0. The molecule has 0 spiro atoms. The maximum atomic E-state index is 12.1. The molecular weight excluding hydrogens is 579 g/mol. The number of carboxylic acid groups (broad SMARTS) is 1. The Labute approximate surface area is 246 Å². The molecule has 217 valence electrons.